The average Bonchev–Trinajstić information content (AvgIpc) is 2.85. The quantitative estimate of drug-likeness (QED) is 0.220. The van der Waals surface area contributed by atoms with Crippen LogP contribution in [0.4, 0.5) is 0 Å². The lowest BCUT2D eigenvalue weighted by atomic mass is 9.76. The number of hydrogen-bond donors (Lipinski definition) is 2. The van der Waals surface area contributed by atoms with Crippen molar-refractivity contribution in [1.29, 1.82) is 0 Å². The molecule has 0 aliphatic rings. The third-order valence-electron chi connectivity index (χ3n) is 7.41. The van der Waals surface area contributed by atoms with E-state index >= 15 is 0 Å². The molecule has 2 aromatic rings. The fraction of sp³-hybridized carbons (Fsp3) is 0.579. The van der Waals surface area contributed by atoms with Crippen molar-refractivity contribution in [2.45, 2.75) is 148 Å². The van der Waals surface area contributed by atoms with E-state index in [1.54, 1.807) is 19.9 Å². The van der Waals surface area contributed by atoms with E-state index in [0.717, 1.165) is 21.6 Å². The van der Waals surface area contributed by atoms with Crippen LogP contribution in [0.5, 0.6) is 17.2 Å². The summed E-state index contributed by atoms with van der Waals surface area (Å²) in [5, 5.41) is 23.9. The van der Waals surface area contributed by atoms with Gasteiger partial charge in [-0.1, -0.05) is 102 Å². The first kappa shape index (κ1) is 38.1. The van der Waals surface area contributed by atoms with E-state index in [1.807, 2.05) is 41.5 Å². The summed E-state index contributed by atoms with van der Waals surface area (Å²) in [4.78, 5) is 25.9. The number of phenols is 2. The van der Waals surface area contributed by atoms with Gasteiger partial charge in [-0.25, -0.2) is 0 Å². The minimum atomic E-state index is -0.513. The number of carbonyl (C=O) groups is 2. The van der Waals surface area contributed by atoms with Crippen LogP contribution in [0.25, 0.3) is 0 Å². The topological polar surface area (TPSA) is 93.1 Å². The number of Topliss-reactive ketones (excluding diaryl/α,β-unsaturated/α-hetero) is 1. The summed E-state index contributed by atoms with van der Waals surface area (Å²) in [6.45, 7) is 28.3. The molecule has 0 fully saturated rings. The first-order valence-corrected chi connectivity index (χ1v) is 16.6. The second kappa shape index (κ2) is 14.1. The number of aryl methyl sites for hydroxylation is 1. The van der Waals surface area contributed by atoms with E-state index < -0.39 is 21.7 Å². The Morgan fingerprint density at radius 2 is 1.33 bits per heavy atom. The molecule has 0 saturated carbocycles. The Kier molecular flexibility index (Phi) is 11.9. The van der Waals surface area contributed by atoms with Crippen molar-refractivity contribution in [3.63, 3.8) is 0 Å². The van der Waals surface area contributed by atoms with Gasteiger partial charge in [-0.05, 0) is 52.7 Å². The molecule has 0 aliphatic carbocycles. The van der Waals surface area contributed by atoms with Gasteiger partial charge in [0, 0.05) is 45.9 Å². The van der Waals surface area contributed by atoms with Crippen molar-refractivity contribution in [1.82, 2.24) is 0 Å². The maximum Gasteiger partial charge on any atom is 0.306 e. The van der Waals surface area contributed by atoms with Gasteiger partial charge in [-0.2, -0.15) is 0 Å². The van der Waals surface area contributed by atoms with Crippen LogP contribution in [0.1, 0.15) is 138 Å². The lowest BCUT2D eigenvalue weighted by molar-refractivity contribution is -0.143. The predicted molar refractivity (Wildman–Crippen MR) is 184 cm³/mol. The molecule has 6 nitrogen and oxygen atoms in total. The lowest BCUT2D eigenvalue weighted by Gasteiger charge is -2.33. The van der Waals surface area contributed by atoms with E-state index in [4.69, 9.17) is 9.47 Å². The van der Waals surface area contributed by atoms with Crippen LogP contribution in [0.2, 0.25) is 0 Å². The van der Waals surface area contributed by atoms with Crippen LogP contribution < -0.4 is 4.74 Å². The zero-order chi connectivity index (χ0) is 34.7. The Morgan fingerprint density at radius 3 is 1.80 bits per heavy atom. The molecule has 0 spiro atoms. The molecule has 0 unspecified atom stereocenters. The average molecular weight is 639 g/mol. The van der Waals surface area contributed by atoms with Gasteiger partial charge in [0.25, 0.3) is 0 Å². The van der Waals surface area contributed by atoms with E-state index in [2.05, 4.69) is 59.6 Å². The van der Waals surface area contributed by atoms with Crippen molar-refractivity contribution >= 4 is 23.5 Å². The standard InChI is InChI=1S/C38H54O6S/c1-15-24(39)19-20-44-26-22-25(35(3,4)5)32(41)31(38(12,13)14)34(26)45-27-21-23(17-18-28(40)43-16-2)29(36(6,7)8)33(42)30(27)37(9,10)11/h21-22,41-42H,15-18H2,1-14H3. The number of phenolic OH excluding ortho intramolecular Hbond substituents is 2. The highest BCUT2D eigenvalue weighted by Gasteiger charge is 2.35. The Bertz CT molecular complexity index is 1480. The molecule has 0 aliphatic heterocycles. The van der Waals surface area contributed by atoms with Crippen molar-refractivity contribution < 1.29 is 29.3 Å². The SMILES string of the molecule is CCOC(=O)CCc1cc(Sc2c(OC#CC(=O)CC)cc(C(C)(C)C)c(O)c2C(C)(C)C)c(C(C)(C)C)c(O)c1C(C)(C)C. The minimum absolute atomic E-state index is 0.179. The molecule has 0 heterocycles. The Labute approximate surface area is 275 Å². The van der Waals surface area contributed by atoms with Gasteiger partial charge in [0.05, 0.1) is 11.5 Å². The number of benzene rings is 2. The molecule has 0 bridgehead atoms. The molecule has 45 heavy (non-hydrogen) atoms. The van der Waals surface area contributed by atoms with Gasteiger partial charge < -0.3 is 19.7 Å². The number of carbonyl (C=O) groups excluding carboxylic acids is 2. The summed E-state index contributed by atoms with van der Waals surface area (Å²) < 4.78 is 11.3. The second-order valence-corrected chi connectivity index (χ2v) is 16.7. The molecule has 0 saturated heterocycles. The van der Waals surface area contributed by atoms with E-state index in [1.165, 1.54) is 11.8 Å². The zero-order valence-corrected chi connectivity index (χ0v) is 30.7. The monoisotopic (exact) mass is 638 g/mol. The Hall–Kier alpha value is -3.11. The summed E-state index contributed by atoms with van der Waals surface area (Å²) in [5.41, 5.74) is 2.00. The van der Waals surface area contributed by atoms with Crippen molar-refractivity contribution in [3.8, 4) is 29.3 Å². The van der Waals surface area contributed by atoms with Crippen molar-refractivity contribution in [3.05, 3.63) is 39.9 Å². The Morgan fingerprint density at radius 1 is 0.778 bits per heavy atom. The van der Waals surface area contributed by atoms with Gasteiger partial charge in [-0.3, -0.25) is 9.59 Å². The smallest absolute Gasteiger partial charge is 0.306 e. The number of ketones is 1. The largest absolute Gasteiger partial charge is 0.507 e. The fourth-order valence-corrected chi connectivity index (χ4v) is 7.05. The van der Waals surface area contributed by atoms with Gasteiger partial charge in [-0.15, -0.1) is 0 Å². The molecule has 0 radical (unpaired) electrons. The molecule has 7 heteroatoms. The molecule has 2 rings (SSSR count). The van der Waals surface area contributed by atoms with Crippen LogP contribution in [0.3, 0.4) is 0 Å². The van der Waals surface area contributed by atoms with Crippen LogP contribution in [-0.4, -0.2) is 28.6 Å². The molecule has 2 aromatic carbocycles. The summed E-state index contributed by atoms with van der Waals surface area (Å²) >= 11 is 1.40. The minimum Gasteiger partial charge on any atom is -0.507 e. The molecule has 0 amide bonds. The predicted octanol–water partition coefficient (Wildman–Crippen LogP) is 9.25. The molecule has 2 N–H and O–H groups in total. The highest BCUT2D eigenvalue weighted by Crippen LogP contribution is 2.54. The summed E-state index contributed by atoms with van der Waals surface area (Å²) in [6.07, 6.45) is 3.45. The van der Waals surface area contributed by atoms with Gasteiger partial charge >= 0.3 is 5.97 Å². The third kappa shape index (κ3) is 9.45. The fourth-order valence-electron chi connectivity index (χ4n) is 5.42. The molecule has 248 valence electrons. The van der Waals surface area contributed by atoms with Gasteiger partial charge in [0.2, 0.25) is 5.78 Å². The van der Waals surface area contributed by atoms with Crippen LogP contribution in [-0.2, 0) is 42.4 Å². The number of rotatable bonds is 8. The Balaban J connectivity index is 3.06. The molecular formula is C38H54O6S. The van der Waals surface area contributed by atoms with Crippen molar-refractivity contribution in [2.24, 2.45) is 0 Å². The summed E-state index contributed by atoms with van der Waals surface area (Å²) in [6, 6.07) is 3.86. The summed E-state index contributed by atoms with van der Waals surface area (Å²) in [7, 11) is 0. The number of hydrogen-bond acceptors (Lipinski definition) is 7. The van der Waals surface area contributed by atoms with E-state index in [0.29, 0.717) is 34.8 Å². The third-order valence-corrected chi connectivity index (χ3v) is 8.56. The van der Waals surface area contributed by atoms with E-state index in [-0.39, 0.29) is 36.1 Å². The number of esters is 1. The normalized spacial score (nSPS) is 12.4. The van der Waals surface area contributed by atoms with Crippen molar-refractivity contribution in [2.75, 3.05) is 6.61 Å². The number of ether oxygens (including phenoxy) is 2. The first-order valence-electron chi connectivity index (χ1n) is 15.8. The first-order chi connectivity index (χ1) is 20.4. The van der Waals surface area contributed by atoms with Crippen LogP contribution in [0.15, 0.2) is 21.9 Å². The highest BCUT2D eigenvalue weighted by molar-refractivity contribution is 7.99. The number of aromatic hydroxyl groups is 2. The molecule has 0 atom stereocenters. The van der Waals surface area contributed by atoms with Crippen LogP contribution in [0, 0.1) is 12.0 Å². The van der Waals surface area contributed by atoms with Gasteiger partial charge in [0.1, 0.15) is 17.6 Å². The zero-order valence-electron chi connectivity index (χ0n) is 29.9. The van der Waals surface area contributed by atoms with Crippen LogP contribution >= 0.6 is 11.8 Å². The maximum atomic E-state index is 12.4. The summed E-state index contributed by atoms with van der Waals surface area (Å²) in [5.74, 6) is 2.83. The molecule has 0 aromatic heterocycles. The van der Waals surface area contributed by atoms with Gasteiger partial charge in [0.15, 0.2) is 5.75 Å². The highest BCUT2D eigenvalue weighted by atomic mass is 32.2. The molecular weight excluding hydrogens is 584 g/mol. The lowest BCUT2D eigenvalue weighted by Crippen LogP contribution is -2.21. The maximum absolute atomic E-state index is 12.4. The van der Waals surface area contributed by atoms with E-state index in [9.17, 15) is 19.8 Å². The second-order valence-electron chi connectivity index (χ2n) is 15.6.